The van der Waals surface area contributed by atoms with Gasteiger partial charge in [-0.2, -0.15) is 0 Å². The molecule has 0 bridgehead atoms. The number of rotatable bonds is 47. The Labute approximate surface area is 501 Å². The van der Waals surface area contributed by atoms with E-state index in [9.17, 15) is 38.4 Å². The lowest BCUT2D eigenvalue weighted by atomic mass is 10.0. The zero-order valence-electron chi connectivity index (χ0n) is 50.4. The first-order valence-electron chi connectivity index (χ1n) is 30.1. The van der Waals surface area contributed by atoms with Gasteiger partial charge in [0.2, 0.25) is 24.2 Å². The maximum atomic E-state index is 14.3. The van der Waals surface area contributed by atoms with Crippen LogP contribution in [0.1, 0.15) is 117 Å². The van der Waals surface area contributed by atoms with Crippen molar-refractivity contribution in [1.29, 1.82) is 0 Å². The molecule has 4 heterocycles. The lowest BCUT2D eigenvalue weighted by Crippen LogP contribution is -2.56. The summed E-state index contributed by atoms with van der Waals surface area (Å²) >= 11 is 0. The standard InChI is InChI=1S/C57H94N6O23/c1-5-7-8-9-10-11-12-16-44(65)84-51-48(72-4)49(85-55(51)63-21-17-43(64)62-57(63)71)50(52(59)68)86-56-47(83-46(67)19-24-75-28-32-79-35-34-77-30-26-73-22-6-2)41(38-42(82-56)54(70)61-40-15-13-14-39(3)60-53(40)69)81-45(66)18-23-74-27-31-78-36-37-80-33-29-76-25-20-58/h17,21,38-41,47-51,55-56H,5-16,18-20,22-37,58H2,1-4H3,(H2,59,68)(H,60,69)(H,61,70)(H,62,64,71)/t39-,40+,41+,47+,48-,49+,50-,51-,55-,56-/m1/s1. The summed E-state index contributed by atoms with van der Waals surface area (Å²) in [6, 6.07) is -0.191. The van der Waals surface area contributed by atoms with Crippen LogP contribution in [-0.2, 0) is 99.8 Å². The number of ether oxygens (including phenoxy) is 15. The number of nitrogens with zero attached hydrogens (tertiary/aromatic N) is 1. The Morgan fingerprint density at radius 2 is 1.20 bits per heavy atom. The highest BCUT2D eigenvalue weighted by Gasteiger charge is 2.55. The van der Waals surface area contributed by atoms with E-state index in [1.807, 2.05) is 13.8 Å². The van der Waals surface area contributed by atoms with Gasteiger partial charge in [0.25, 0.3) is 11.5 Å². The number of methoxy groups -OCH3 is 1. The van der Waals surface area contributed by atoms with Crippen LogP contribution in [0.15, 0.2) is 33.7 Å². The van der Waals surface area contributed by atoms with Crippen molar-refractivity contribution >= 4 is 35.6 Å². The summed E-state index contributed by atoms with van der Waals surface area (Å²) < 4.78 is 87.4. The summed E-state index contributed by atoms with van der Waals surface area (Å²) in [5.74, 6) is -5.83. The highest BCUT2D eigenvalue weighted by atomic mass is 16.7. The minimum absolute atomic E-state index is 0.0237. The summed E-state index contributed by atoms with van der Waals surface area (Å²) in [7, 11) is 1.21. The molecule has 29 heteroatoms. The molecule has 1 aromatic heterocycles. The van der Waals surface area contributed by atoms with E-state index in [0.717, 1.165) is 67.9 Å². The lowest BCUT2D eigenvalue weighted by molar-refractivity contribution is -0.250. The Morgan fingerprint density at radius 3 is 1.76 bits per heavy atom. The summed E-state index contributed by atoms with van der Waals surface area (Å²) in [6.45, 7) is 10.5. The second-order valence-electron chi connectivity index (χ2n) is 20.5. The smallest absolute Gasteiger partial charge is 0.330 e. The number of aromatic nitrogens is 2. The molecule has 29 nitrogen and oxygen atoms in total. The van der Waals surface area contributed by atoms with Gasteiger partial charge in [-0.3, -0.25) is 43.1 Å². The van der Waals surface area contributed by atoms with Gasteiger partial charge < -0.3 is 93.2 Å². The molecule has 2 fully saturated rings. The van der Waals surface area contributed by atoms with Crippen molar-refractivity contribution in [3.63, 3.8) is 0 Å². The van der Waals surface area contributed by atoms with Crippen LogP contribution in [-0.4, -0.2) is 220 Å². The third kappa shape index (κ3) is 27.7. The molecule has 490 valence electrons. The van der Waals surface area contributed by atoms with E-state index in [2.05, 4.69) is 22.5 Å². The minimum Gasteiger partial charge on any atom is -0.455 e. The Morgan fingerprint density at radius 1 is 0.663 bits per heavy atom. The lowest BCUT2D eigenvalue weighted by Gasteiger charge is -2.38. The van der Waals surface area contributed by atoms with E-state index < -0.39 is 108 Å². The second kappa shape index (κ2) is 43.2. The van der Waals surface area contributed by atoms with Crippen LogP contribution in [0.5, 0.6) is 0 Å². The van der Waals surface area contributed by atoms with Gasteiger partial charge in [0.15, 0.2) is 30.3 Å². The number of H-pyrrole nitrogens is 1. The van der Waals surface area contributed by atoms with E-state index in [1.54, 1.807) is 0 Å². The molecule has 0 spiro atoms. The number of amides is 3. The average Bonchev–Trinajstić information content (AvgIpc) is 2.00. The van der Waals surface area contributed by atoms with Gasteiger partial charge in [-0.25, -0.2) is 4.79 Å². The van der Waals surface area contributed by atoms with E-state index in [-0.39, 0.29) is 84.6 Å². The van der Waals surface area contributed by atoms with Crippen molar-refractivity contribution in [2.24, 2.45) is 11.5 Å². The van der Waals surface area contributed by atoms with Gasteiger partial charge in [-0.1, -0.05) is 52.4 Å². The van der Waals surface area contributed by atoms with Gasteiger partial charge in [0, 0.05) is 51.1 Å². The minimum atomic E-state index is -2.07. The molecule has 3 aliphatic rings. The zero-order chi connectivity index (χ0) is 62.3. The molecule has 2 saturated heterocycles. The molecule has 0 aliphatic carbocycles. The van der Waals surface area contributed by atoms with Crippen molar-refractivity contribution < 1.29 is 99.8 Å². The van der Waals surface area contributed by atoms with Gasteiger partial charge >= 0.3 is 23.6 Å². The number of hydrogen-bond acceptors (Lipinski definition) is 24. The number of nitrogens with one attached hydrogen (secondary N) is 3. The quantitative estimate of drug-likeness (QED) is 0.0344. The molecule has 86 heavy (non-hydrogen) atoms. The predicted octanol–water partition coefficient (Wildman–Crippen LogP) is 0.891. The molecule has 7 N–H and O–H groups in total. The monoisotopic (exact) mass is 1230 g/mol. The average molecular weight is 1230 g/mol. The third-order valence-electron chi connectivity index (χ3n) is 13.5. The molecule has 0 aromatic carbocycles. The van der Waals surface area contributed by atoms with E-state index >= 15 is 0 Å². The van der Waals surface area contributed by atoms with Crippen LogP contribution in [0, 0.1) is 0 Å². The van der Waals surface area contributed by atoms with Gasteiger partial charge in [-0.05, 0) is 39.0 Å². The number of hydrogen-bond donors (Lipinski definition) is 5. The number of unbranched alkanes of at least 4 members (excludes halogenated alkanes) is 6. The number of carbonyl (C=O) groups excluding carboxylic acids is 6. The molecular formula is C57H94N6O23. The highest BCUT2D eigenvalue weighted by molar-refractivity contribution is 5.96. The molecule has 0 saturated carbocycles. The van der Waals surface area contributed by atoms with Crippen molar-refractivity contribution in [1.82, 2.24) is 20.2 Å². The summed E-state index contributed by atoms with van der Waals surface area (Å²) in [5.41, 5.74) is 9.78. The summed E-state index contributed by atoms with van der Waals surface area (Å²) in [5, 5.41) is 5.49. The Bertz CT molecular complexity index is 2290. The number of primary amides is 1. The predicted molar refractivity (Wildman–Crippen MR) is 304 cm³/mol. The first-order valence-corrected chi connectivity index (χ1v) is 30.1. The largest absolute Gasteiger partial charge is 0.455 e. The topological polar surface area (TPSA) is 372 Å². The van der Waals surface area contributed by atoms with Crippen LogP contribution in [0.3, 0.4) is 0 Å². The van der Waals surface area contributed by atoms with Crippen LogP contribution >= 0.6 is 0 Å². The van der Waals surface area contributed by atoms with Gasteiger partial charge in [0.05, 0.1) is 112 Å². The number of nitrogens with two attached hydrogens (primary N) is 2. The SMILES string of the molecule is CCCCCCCCCC(=O)O[C@@H]1[C@H](OC)[C@@H]([C@@H](O[C@H]2OC(C(=O)N[C@H]3CCC[C@@H](C)NC3=O)=C[C@H](OC(=O)CCOCCOCCOCCOCCN)[C@@H]2OC(=O)CCOCCOCCOCCOCCC)C(N)=O)O[C@H]1n1ccc(=O)[nH]c1=O. The van der Waals surface area contributed by atoms with E-state index in [4.69, 9.17) is 82.5 Å². The van der Waals surface area contributed by atoms with Crippen molar-refractivity contribution in [3.8, 4) is 0 Å². The summed E-state index contributed by atoms with van der Waals surface area (Å²) in [6.07, 6.45) is -3.74. The fourth-order valence-corrected chi connectivity index (χ4v) is 9.16. The molecule has 3 aliphatic heterocycles. The Hall–Kier alpha value is -5.44. The zero-order valence-corrected chi connectivity index (χ0v) is 50.4. The van der Waals surface area contributed by atoms with Crippen LogP contribution in [0.25, 0.3) is 0 Å². The van der Waals surface area contributed by atoms with Gasteiger partial charge in [0.1, 0.15) is 18.2 Å². The highest BCUT2D eigenvalue weighted by Crippen LogP contribution is 2.37. The van der Waals surface area contributed by atoms with Crippen LogP contribution in [0.4, 0.5) is 0 Å². The van der Waals surface area contributed by atoms with Crippen LogP contribution in [0.2, 0.25) is 0 Å². The molecule has 0 radical (unpaired) electrons. The Balaban J connectivity index is 1.61. The number of carbonyl (C=O) groups is 6. The molecular weight excluding hydrogens is 1140 g/mol. The Kier molecular flexibility index (Phi) is 36.7. The number of aromatic amines is 1. The van der Waals surface area contributed by atoms with Crippen molar-refractivity contribution in [2.45, 2.75) is 172 Å². The normalized spacial score (nSPS) is 22.5. The van der Waals surface area contributed by atoms with Crippen LogP contribution < -0.4 is 33.3 Å². The van der Waals surface area contributed by atoms with E-state index in [0.29, 0.717) is 78.7 Å². The maximum Gasteiger partial charge on any atom is 0.330 e. The fraction of sp³-hybridized carbons (Fsp3) is 0.789. The third-order valence-corrected chi connectivity index (χ3v) is 13.5. The van der Waals surface area contributed by atoms with Gasteiger partial charge in [-0.15, -0.1) is 0 Å². The fourth-order valence-electron chi connectivity index (χ4n) is 9.16. The molecule has 4 rings (SSSR count). The first kappa shape index (κ1) is 73.0. The maximum absolute atomic E-state index is 14.3. The second-order valence-corrected chi connectivity index (χ2v) is 20.5. The molecule has 3 amide bonds. The molecule has 1 aromatic rings. The number of esters is 3. The molecule has 10 atom stereocenters. The van der Waals surface area contributed by atoms with Crippen molar-refractivity contribution in [2.75, 3.05) is 119 Å². The van der Waals surface area contributed by atoms with E-state index in [1.165, 1.54) is 7.11 Å². The summed E-state index contributed by atoms with van der Waals surface area (Å²) in [4.78, 5) is 110. The molecule has 0 unspecified atom stereocenters. The van der Waals surface area contributed by atoms with Crippen molar-refractivity contribution in [3.05, 3.63) is 44.9 Å². The first-order chi connectivity index (χ1) is 41.7.